The minimum Gasteiger partial charge on any atom is -0.461 e. The molecule has 43 heavy (non-hydrogen) atoms. The molecule has 3 heterocycles. The normalized spacial score (nSPS) is 23.9. The number of halogens is 1. The van der Waals surface area contributed by atoms with E-state index in [0.29, 0.717) is 32.1 Å². The average Bonchev–Trinajstić information content (AvgIpc) is 3.46. The van der Waals surface area contributed by atoms with Gasteiger partial charge in [-0.25, -0.2) is 0 Å². The summed E-state index contributed by atoms with van der Waals surface area (Å²) < 4.78 is 6.47. The van der Waals surface area contributed by atoms with Crippen molar-refractivity contribution >= 4 is 29.0 Å². The molecule has 1 N–H and O–H groups in total. The summed E-state index contributed by atoms with van der Waals surface area (Å²) in [5.74, 6) is 0.945. The smallest absolute Gasteiger partial charge is 0.318 e. The van der Waals surface area contributed by atoms with Crippen LogP contribution < -0.4 is 19.9 Å². The Kier molecular flexibility index (Phi) is 9.62. The van der Waals surface area contributed by atoms with Crippen LogP contribution in [-0.4, -0.2) is 91.2 Å². The Morgan fingerprint density at radius 2 is 2.07 bits per heavy atom. The molecule has 0 bridgehead atoms. The fraction of sp³-hybridized carbons (Fsp3) is 0.562. The number of likely N-dealkylation sites (N-methyl/N-ethyl adjacent to an activating group) is 1. The molecule has 230 valence electrons. The highest BCUT2D eigenvalue weighted by Crippen LogP contribution is 2.39. The number of para-hydroxylation sites is 1. The van der Waals surface area contributed by atoms with E-state index in [1.807, 2.05) is 37.3 Å². The summed E-state index contributed by atoms with van der Waals surface area (Å²) in [5.41, 5.74) is 2.78. The van der Waals surface area contributed by atoms with Gasteiger partial charge in [0.2, 0.25) is 5.91 Å². The summed E-state index contributed by atoms with van der Waals surface area (Å²) in [5, 5.41) is 13.1. The van der Waals surface area contributed by atoms with Crippen molar-refractivity contribution in [2.24, 2.45) is 5.92 Å². The van der Waals surface area contributed by atoms with E-state index in [4.69, 9.17) is 26.3 Å². The fourth-order valence-corrected chi connectivity index (χ4v) is 7.02. The number of nitriles is 1. The SMILES string of the molecule is CC=CN1CCN(c2nc(OCC3(N(C)C)CCC(C(=O)NC)C3)nc3c2CCN(c2ccccc2Cl)C3)C[C@@H]1CC#N. The van der Waals surface area contributed by atoms with Gasteiger partial charge >= 0.3 is 6.01 Å². The maximum atomic E-state index is 12.4. The molecule has 2 aromatic rings. The van der Waals surface area contributed by atoms with Gasteiger partial charge in [-0.1, -0.05) is 29.8 Å². The van der Waals surface area contributed by atoms with E-state index in [1.54, 1.807) is 7.05 Å². The molecule has 11 heteroatoms. The van der Waals surface area contributed by atoms with Crippen LogP contribution in [0.3, 0.4) is 0 Å². The van der Waals surface area contributed by atoms with E-state index >= 15 is 0 Å². The molecule has 2 aliphatic heterocycles. The summed E-state index contributed by atoms with van der Waals surface area (Å²) in [6.45, 7) is 6.10. The highest BCUT2D eigenvalue weighted by atomic mass is 35.5. The third-order valence-corrected chi connectivity index (χ3v) is 9.65. The van der Waals surface area contributed by atoms with Gasteiger partial charge in [0.05, 0.1) is 47.0 Å². The maximum Gasteiger partial charge on any atom is 0.318 e. The molecule has 1 amide bonds. The number of amides is 1. The van der Waals surface area contributed by atoms with Crippen molar-refractivity contribution < 1.29 is 9.53 Å². The Bertz CT molecular complexity index is 1380. The summed E-state index contributed by atoms with van der Waals surface area (Å²) in [6, 6.07) is 10.7. The lowest BCUT2D eigenvalue weighted by Crippen LogP contribution is -2.51. The number of rotatable bonds is 9. The molecule has 1 saturated carbocycles. The standard InChI is InChI=1S/C32H43ClN8O2/c1-5-15-39-17-18-41(20-24(39)11-14-34)29-25-12-16-40(28-9-7-6-8-26(28)33)21-27(25)36-31(37-29)43-22-32(38(3)4)13-10-23(19-32)30(42)35-2/h5-9,15,23-24H,10-13,16-22H2,1-4H3,(H,35,42)/t23?,24-,32?/m0/s1. The molecule has 1 saturated heterocycles. The number of ether oxygens (including phenoxy) is 1. The molecule has 0 radical (unpaired) electrons. The van der Waals surface area contributed by atoms with Crippen LogP contribution in [0.4, 0.5) is 11.5 Å². The molecule has 1 aliphatic carbocycles. The summed E-state index contributed by atoms with van der Waals surface area (Å²) in [7, 11) is 5.80. The van der Waals surface area contributed by atoms with Gasteiger partial charge in [0.1, 0.15) is 12.4 Å². The lowest BCUT2D eigenvalue weighted by molar-refractivity contribution is -0.124. The number of nitrogens with one attached hydrogen (secondary N) is 1. The quantitative estimate of drug-likeness (QED) is 0.456. The van der Waals surface area contributed by atoms with Gasteiger partial charge in [-0.3, -0.25) is 4.79 Å². The number of benzene rings is 1. The monoisotopic (exact) mass is 606 g/mol. The highest BCUT2D eigenvalue weighted by molar-refractivity contribution is 6.33. The van der Waals surface area contributed by atoms with Crippen molar-refractivity contribution in [1.82, 2.24) is 25.1 Å². The van der Waals surface area contributed by atoms with Crippen molar-refractivity contribution in [1.29, 1.82) is 5.26 Å². The van der Waals surface area contributed by atoms with Crippen LogP contribution in [0.1, 0.15) is 43.9 Å². The van der Waals surface area contributed by atoms with Crippen LogP contribution in [0.5, 0.6) is 6.01 Å². The highest BCUT2D eigenvalue weighted by Gasteiger charge is 2.44. The minimum atomic E-state index is -0.282. The zero-order valence-electron chi connectivity index (χ0n) is 25.7. The number of piperazine rings is 1. The number of aromatic nitrogens is 2. The number of carbonyl (C=O) groups excluding carboxylic acids is 1. The maximum absolute atomic E-state index is 12.4. The van der Waals surface area contributed by atoms with Crippen molar-refractivity contribution in [3.05, 3.63) is 52.8 Å². The van der Waals surface area contributed by atoms with Crippen molar-refractivity contribution in [3.8, 4) is 12.1 Å². The van der Waals surface area contributed by atoms with E-state index in [-0.39, 0.29) is 23.4 Å². The predicted molar refractivity (Wildman–Crippen MR) is 169 cm³/mol. The molecule has 3 atom stereocenters. The number of allylic oxidation sites excluding steroid dienone is 1. The first-order valence-electron chi connectivity index (χ1n) is 15.2. The third-order valence-electron chi connectivity index (χ3n) is 9.33. The molecule has 2 unspecified atom stereocenters. The van der Waals surface area contributed by atoms with Crippen LogP contribution in [0.15, 0.2) is 36.5 Å². The number of fused-ring (bicyclic) bond motifs is 1. The number of anilines is 2. The van der Waals surface area contributed by atoms with Gasteiger partial charge in [0, 0.05) is 44.7 Å². The van der Waals surface area contributed by atoms with Crippen LogP contribution in [0.2, 0.25) is 5.02 Å². The number of carbonyl (C=O) groups is 1. The Labute approximate surface area is 260 Å². The first-order valence-corrected chi connectivity index (χ1v) is 15.6. The third kappa shape index (κ3) is 6.53. The summed E-state index contributed by atoms with van der Waals surface area (Å²) in [4.78, 5) is 31.5. The van der Waals surface area contributed by atoms with Crippen LogP contribution in [-0.2, 0) is 17.8 Å². The summed E-state index contributed by atoms with van der Waals surface area (Å²) in [6.07, 6.45) is 7.74. The first kappa shape index (κ1) is 30.9. The van der Waals surface area contributed by atoms with E-state index < -0.39 is 0 Å². The molecule has 2 fully saturated rings. The largest absolute Gasteiger partial charge is 0.461 e. The van der Waals surface area contributed by atoms with Crippen LogP contribution in [0.25, 0.3) is 0 Å². The van der Waals surface area contributed by atoms with Crippen molar-refractivity contribution in [2.75, 3.05) is 63.7 Å². The molecule has 1 aromatic carbocycles. The summed E-state index contributed by atoms with van der Waals surface area (Å²) >= 11 is 6.59. The number of nitrogens with zero attached hydrogens (tertiary/aromatic N) is 7. The molecule has 0 spiro atoms. The Morgan fingerprint density at radius 3 is 2.79 bits per heavy atom. The van der Waals surface area contributed by atoms with Gasteiger partial charge in [-0.2, -0.15) is 15.2 Å². The Morgan fingerprint density at radius 1 is 1.26 bits per heavy atom. The molecule has 10 nitrogen and oxygen atoms in total. The lowest BCUT2D eigenvalue weighted by Gasteiger charge is -2.42. The van der Waals surface area contributed by atoms with E-state index in [2.05, 4.69) is 51.3 Å². The van der Waals surface area contributed by atoms with Gasteiger partial charge < -0.3 is 29.7 Å². The number of hydrogen-bond donors (Lipinski definition) is 1. The van der Waals surface area contributed by atoms with E-state index in [0.717, 1.165) is 73.1 Å². The molecule has 5 rings (SSSR count). The Balaban J connectivity index is 1.46. The molecule has 3 aliphatic rings. The zero-order chi connectivity index (χ0) is 30.6. The lowest BCUT2D eigenvalue weighted by atomic mass is 9.95. The average molecular weight is 607 g/mol. The Hall–Kier alpha value is -3.55. The van der Waals surface area contributed by atoms with E-state index in [9.17, 15) is 10.1 Å². The first-order chi connectivity index (χ1) is 20.8. The van der Waals surface area contributed by atoms with Crippen molar-refractivity contribution in [3.63, 3.8) is 0 Å². The molecular formula is C32H43ClN8O2. The second kappa shape index (κ2) is 13.4. The molecular weight excluding hydrogens is 564 g/mol. The van der Waals surface area contributed by atoms with Crippen molar-refractivity contribution in [2.45, 2.75) is 57.2 Å². The second-order valence-electron chi connectivity index (χ2n) is 12.0. The number of hydrogen-bond acceptors (Lipinski definition) is 9. The van der Waals surface area contributed by atoms with Crippen LogP contribution >= 0.6 is 11.6 Å². The topological polar surface area (TPSA) is 101 Å². The minimum absolute atomic E-state index is 0.0364. The second-order valence-corrected chi connectivity index (χ2v) is 12.4. The zero-order valence-corrected chi connectivity index (χ0v) is 26.5. The van der Waals surface area contributed by atoms with Gasteiger partial charge in [0.15, 0.2) is 0 Å². The molecule has 1 aromatic heterocycles. The van der Waals surface area contributed by atoms with Gasteiger partial charge in [-0.15, -0.1) is 0 Å². The van der Waals surface area contributed by atoms with Gasteiger partial charge in [-0.05, 0) is 65.0 Å². The van der Waals surface area contributed by atoms with Crippen LogP contribution in [0, 0.1) is 17.2 Å². The van der Waals surface area contributed by atoms with E-state index in [1.165, 1.54) is 0 Å². The predicted octanol–water partition coefficient (Wildman–Crippen LogP) is 3.86. The van der Waals surface area contributed by atoms with Gasteiger partial charge in [0.25, 0.3) is 0 Å². The fourth-order valence-electron chi connectivity index (χ4n) is 6.76.